The molecule has 0 aromatic heterocycles. The van der Waals surface area contributed by atoms with Gasteiger partial charge < -0.3 is 15.0 Å². The minimum Gasteiger partial charge on any atom is -0.446 e. The molecule has 6 nitrogen and oxygen atoms in total. The fraction of sp³-hybridized carbons (Fsp3) is 0.355. The molecule has 1 saturated heterocycles. The molecule has 0 aliphatic carbocycles. The summed E-state index contributed by atoms with van der Waals surface area (Å²) < 4.78 is 5.73. The topological polar surface area (TPSA) is 70.7 Å². The van der Waals surface area contributed by atoms with E-state index in [1.807, 2.05) is 61.5 Å². The van der Waals surface area contributed by atoms with E-state index < -0.39 is 6.09 Å². The molecule has 1 aliphatic heterocycles. The van der Waals surface area contributed by atoms with E-state index in [0.29, 0.717) is 13.0 Å². The average Bonchev–Trinajstić information content (AvgIpc) is 2.94. The van der Waals surface area contributed by atoms with Gasteiger partial charge in [0.2, 0.25) is 5.91 Å². The number of halogens is 1. The van der Waals surface area contributed by atoms with Gasteiger partial charge in [0.1, 0.15) is 6.10 Å². The van der Waals surface area contributed by atoms with E-state index in [1.165, 1.54) is 11.1 Å². The molecule has 3 aromatic carbocycles. The summed E-state index contributed by atoms with van der Waals surface area (Å²) in [7, 11) is 0. The Morgan fingerprint density at radius 1 is 0.947 bits per heavy atom. The third-order valence-corrected chi connectivity index (χ3v) is 7.66. The normalized spacial score (nSPS) is 14.2. The number of nitrogens with zero attached hydrogens (tertiary/aromatic N) is 1. The minimum absolute atomic E-state index is 0.0246. The number of likely N-dealkylation sites (tertiary alicyclic amines) is 1. The van der Waals surface area contributed by atoms with E-state index in [2.05, 4.69) is 50.5 Å². The molecule has 4 rings (SSSR count). The second-order valence-corrected chi connectivity index (χ2v) is 10.3. The highest BCUT2D eigenvalue weighted by molar-refractivity contribution is 9.08. The lowest BCUT2D eigenvalue weighted by atomic mass is 10.0. The summed E-state index contributed by atoms with van der Waals surface area (Å²) in [6.07, 6.45) is 2.30. The molecule has 1 aliphatic rings. The number of ether oxygens (including phenoxy) is 1. The van der Waals surface area contributed by atoms with Crippen LogP contribution in [0.25, 0.3) is 11.1 Å². The molecule has 3 aromatic rings. The zero-order valence-corrected chi connectivity index (χ0v) is 23.7. The number of rotatable bonds is 9. The predicted molar refractivity (Wildman–Crippen MR) is 158 cm³/mol. The lowest BCUT2D eigenvalue weighted by Gasteiger charge is -2.31. The Bertz CT molecular complexity index is 1240. The number of nitrogens with one attached hydrogen (secondary N) is 2. The van der Waals surface area contributed by atoms with Crippen molar-refractivity contribution in [2.45, 2.75) is 51.0 Å². The number of piperidine rings is 1. The molecule has 0 radical (unpaired) electrons. The van der Waals surface area contributed by atoms with Crippen molar-refractivity contribution in [3.8, 4) is 11.1 Å². The number of amides is 2. The zero-order valence-electron chi connectivity index (χ0n) is 22.1. The maximum Gasteiger partial charge on any atom is 0.411 e. The van der Waals surface area contributed by atoms with Crippen LogP contribution >= 0.6 is 15.9 Å². The van der Waals surface area contributed by atoms with Gasteiger partial charge in [-0.3, -0.25) is 10.1 Å². The van der Waals surface area contributed by atoms with Crippen molar-refractivity contribution in [1.29, 1.82) is 0 Å². The highest BCUT2D eigenvalue weighted by Gasteiger charge is 2.23. The average molecular weight is 579 g/mol. The van der Waals surface area contributed by atoms with Gasteiger partial charge in [0.05, 0.1) is 5.69 Å². The Kier molecular flexibility index (Phi) is 9.96. The Labute approximate surface area is 233 Å². The van der Waals surface area contributed by atoms with Crippen molar-refractivity contribution in [3.05, 3.63) is 83.4 Å². The highest BCUT2D eigenvalue weighted by Crippen LogP contribution is 2.28. The monoisotopic (exact) mass is 577 g/mol. The van der Waals surface area contributed by atoms with Gasteiger partial charge in [0.25, 0.3) is 0 Å². The summed E-state index contributed by atoms with van der Waals surface area (Å²) in [5.41, 5.74) is 7.21. The smallest absolute Gasteiger partial charge is 0.411 e. The molecule has 1 heterocycles. The van der Waals surface area contributed by atoms with Crippen LogP contribution in [0.5, 0.6) is 0 Å². The quantitative estimate of drug-likeness (QED) is 0.265. The van der Waals surface area contributed by atoms with Gasteiger partial charge in [-0.15, -0.1) is 0 Å². The number of carbonyl (C=O) groups excluding carboxylic acids is 2. The Morgan fingerprint density at radius 2 is 1.66 bits per heavy atom. The molecule has 2 N–H and O–H groups in total. The number of benzene rings is 3. The third-order valence-electron chi connectivity index (χ3n) is 7.06. The first-order chi connectivity index (χ1) is 18.5. The van der Waals surface area contributed by atoms with Crippen LogP contribution in [0.4, 0.5) is 16.2 Å². The van der Waals surface area contributed by atoms with Crippen LogP contribution < -0.4 is 10.6 Å². The second-order valence-electron chi connectivity index (χ2n) is 9.70. The number of hydrogen-bond donors (Lipinski definition) is 2. The fourth-order valence-corrected chi connectivity index (χ4v) is 5.40. The summed E-state index contributed by atoms with van der Waals surface area (Å²) in [4.78, 5) is 27.6. The Balaban J connectivity index is 1.21. The summed E-state index contributed by atoms with van der Waals surface area (Å²) in [6.45, 7) is 6.44. The number of alkyl halides is 1. The van der Waals surface area contributed by atoms with E-state index in [1.54, 1.807) is 0 Å². The van der Waals surface area contributed by atoms with Gasteiger partial charge in [0.15, 0.2) is 0 Å². The summed E-state index contributed by atoms with van der Waals surface area (Å²) in [6, 6.07) is 21.9. The van der Waals surface area contributed by atoms with Crippen molar-refractivity contribution in [2.24, 2.45) is 0 Å². The minimum atomic E-state index is -0.432. The van der Waals surface area contributed by atoms with Crippen LogP contribution in [0.15, 0.2) is 66.7 Å². The highest BCUT2D eigenvalue weighted by atomic mass is 79.9. The maximum atomic E-state index is 12.7. The largest absolute Gasteiger partial charge is 0.446 e. The maximum absolute atomic E-state index is 12.7. The molecule has 0 spiro atoms. The molecule has 0 atom stereocenters. The zero-order chi connectivity index (χ0) is 26.9. The Morgan fingerprint density at radius 3 is 2.37 bits per heavy atom. The van der Waals surface area contributed by atoms with Crippen LogP contribution in [0, 0.1) is 6.92 Å². The molecule has 0 bridgehead atoms. The van der Waals surface area contributed by atoms with E-state index in [0.717, 1.165) is 65.7 Å². The van der Waals surface area contributed by atoms with E-state index in [9.17, 15) is 9.59 Å². The van der Waals surface area contributed by atoms with Gasteiger partial charge in [-0.25, -0.2) is 4.79 Å². The van der Waals surface area contributed by atoms with Crippen LogP contribution in [-0.2, 0) is 21.3 Å². The molecule has 38 heavy (non-hydrogen) atoms. The van der Waals surface area contributed by atoms with Crippen molar-refractivity contribution in [2.75, 3.05) is 30.3 Å². The predicted octanol–water partition coefficient (Wildman–Crippen LogP) is 7.16. The number of para-hydroxylation sites is 1. The van der Waals surface area contributed by atoms with Crippen molar-refractivity contribution in [3.63, 3.8) is 0 Å². The van der Waals surface area contributed by atoms with Gasteiger partial charge in [-0.2, -0.15) is 0 Å². The van der Waals surface area contributed by atoms with E-state index in [4.69, 9.17) is 4.74 Å². The number of hydrogen-bond acceptors (Lipinski definition) is 4. The molecule has 0 saturated carbocycles. The molecule has 200 valence electrons. The van der Waals surface area contributed by atoms with E-state index in [-0.39, 0.29) is 12.0 Å². The van der Waals surface area contributed by atoms with Gasteiger partial charge in [-0.05, 0) is 60.6 Å². The number of anilines is 2. The molecule has 1 fully saturated rings. The van der Waals surface area contributed by atoms with Gasteiger partial charge in [-0.1, -0.05) is 77.5 Å². The first-order valence-corrected chi connectivity index (χ1v) is 14.4. The van der Waals surface area contributed by atoms with E-state index >= 15 is 0 Å². The lowest BCUT2D eigenvalue weighted by molar-refractivity contribution is -0.116. The van der Waals surface area contributed by atoms with Crippen molar-refractivity contribution >= 4 is 39.3 Å². The molecular weight excluding hydrogens is 542 g/mol. The van der Waals surface area contributed by atoms with Gasteiger partial charge in [0, 0.05) is 42.6 Å². The first-order valence-electron chi connectivity index (χ1n) is 13.3. The van der Waals surface area contributed by atoms with Crippen LogP contribution in [0.2, 0.25) is 0 Å². The van der Waals surface area contributed by atoms with Crippen LogP contribution in [0.1, 0.15) is 42.9 Å². The van der Waals surface area contributed by atoms with Crippen molar-refractivity contribution in [1.82, 2.24) is 4.90 Å². The van der Waals surface area contributed by atoms with Crippen LogP contribution in [-0.4, -0.2) is 42.6 Å². The number of aryl methyl sites for hydroxylation is 2. The lowest BCUT2D eigenvalue weighted by Crippen LogP contribution is -2.39. The second kappa shape index (κ2) is 13.6. The standard InChI is InChI=1S/C31H36BrN3O3/c1-3-23-20-29(22(2)19-25(23)21-32)33-30(36)15-18-35-16-13-26(14-17-35)38-31(37)34-28-12-8-7-11-27(28)24-9-5-4-6-10-24/h4-12,19-20,26H,3,13-18,21H2,1-2H3,(H,33,36)(H,34,37). The first kappa shape index (κ1) is 27.9. The fourth-order valence-electron chi connectivity index (χ4n) is 4.88. The van der Waals surface area contributed by atoms with Crippen LogP contribution in [0.3, 0.4) is 0 Å². The SMILES string of the molecule is CCc1cc(NC(=O)CCN2CCC(OC(=O)Nc3ccccc3-c3ccccc3)CC2)c(C)cc1CBr. The molecular formula is C31H36BrN3O3. The summed E-state index contributed by atoms with van der Waals surface area (Å²) >= 11 is 3.55. The molecule has 7 heteroatoms. The number of carbonyl (C=O) groups is 2. The molecule has 2 amide bonds. The third kappa shape index (κ3) is 7.45. The van der Waals surface area contributed by atoms with Crippen molar-refractivity contribution < 1.29 is 14.3 Å². The summed E-state index contributed by atoms with van der Waals surface area (Å²) in [5, 5.41) is 6.82. The summed E-state index contributed by atoms with van der Waals surface area (Å²) in [5.74, 6) is 0.0246. The van der Waals surface area contributed by atoms with Gasteiger partial charge >= 0.3 is 6.09 Å². The molecule has 0 unspecified atom stereocenters. The Hall–Kier alpha value is -3.16.